The number of hydrogen-bond acceptors (Lipinski definition) is 6. The molecule has 24 heavy (non-hydrogen) atoms. The minimum atomic E-state index is -0.669. The van der Waals surface area contributed by atoms with E-state index in [-0.39, 0.29) is 24.4 Å². The van der Waals surface area contributed by atoms with Gasteiger partial charge in [-0.05, 0) is 39.8 Å². The molecule has 0 aliphatic carbocycles. The van der Waals surface area contributed by atoms with Crippen molar-refractivity contribution in [3.63, 3.8) is 0 Å². The van der Waals surface area contributed by atoms with E-state index in [1.165, 1.54) is 4.90 Å². The van der Waals surface area contributed by atoms with Crippen molar-refractivity contribution in [2.75, 3.05) is 5.75 Å². The summed E-state index contributed by atoms with van der Waals surface area (Å²) < 4.78 is 30.4. The Bertz CT molecular complexity index is 590. The largest absolute Gasteiger partial charge is 0.343 e. The summed E-state index contributed by atoms with van der Waals surface area (Å²) in [5.41, 5.74) is 0. The van der Waals surface area contributed by atoms with E-state index in [1.807, 2.05) is 45.9 Å². The molecule has 0 bridgehead atoms. The van der Waals surface area contributed by atoms with Gasteiger partial charge in [0, 0.05) is 10.6 Å². The summed E-state index contributed by atoms with van der Waals surface area (Å²) in [6, 6.07) is 10.3. The predicted octanol–water partition coefficient (Wildman–Crippen LogP) is 3.18. The van der Waals surface area contributed by atoms with Crippen molar-refractivity contribution in [1.82, 2.24) is 0 Å². The van der Waals surface area contributed by atoms with Gasteiger partial charge in [-0.2, -0.15) is 0 Å². The highest BCUT2D eigenvalue weighted by Crippen LogP contribution is 2.44. The van der Waals surface area contributed by atoms with Gasteiger partial charge >= 0.3 is 0 Å². The van der Waals surface area contributed by atoms with Crippen LogP contribution in [0.1, 0.15) is 27.7 Å². The molecular weight excluding hydrogens is 328 g/mol. The Balaban J connectivity index is 1.52. The Morgan fingerprint density at radius 3 is 2.21 bits per heavy atom. The number of fused-ring (bicyclic) bond motifs is 3. The third-order valence-electron chi connectivity index (χ3n) is 4.41. The van der Waals surface area contributed by atoms with Crippen LogP contribution in [0.4, 0.5) is 0 Å². The van der Waals surface area contributed by atoms with Gasteiger partial charge in [-0.3, -0.25) is 0 Å². The fraction of sp³-hybridized carbons (Fsp3) is 0.667. The molecular formula is C18H24O5S. The molecule has 0 aromatic heterocycles. The summed E-state index contributed by atoms with van der Waals surface area (Å²) in [6.45, 7) is 7.67. The van der Waals surface area contributed by atoms with E-state index in [0.29, 0.717) is 0 Å². The molecule has 0 radical (unpaired) electrons. The molecule has 3 fully saturated rings. The third-order valence-corrected chi connectivity index (χ3v) is 5.51. The molecule has 0 unspecified atom stereocenters. The minimum Gasteiger partial charge on any atom is -0.343 e. The summed E-state index contributed by atoms with van der Waals surface area (Å²) in [5, 5.41) is 0. The SMILES string of the molecule is CC1(C)O[C@H]2[C@@H](O1)[C@@H](CSc1ccccc1)O[C@@H]1OC(C)(C)O[C@@H]12. The number of hydrogen-bond donors (Lipinski definition) is 0. The van der Waals surface area contributed by atoms with Crippen molar-refractivity contribution in [2.24, 2.45) is 0 Å². The van der Waals surface area contributed by atoms with Crippen LogP contribution < -0.4 is 0 Å². The molecule has 3 aliphatic rings. The van der Waals surface area contributed by atoms with Gasteiger partial charge in [-0.15, -0.1) is 11.8 Å². The zero-order chi connectivity index (χ0) is 16.9. The second-order valence-corrected chi connectivity index (χ2v) is 8.43. The van der Waals surface area contributed by atoms with Crippen LogP contribution in [-0.4, -0.2) is 48.0 Å². The molecule has 0 amide bonds. The average Bonchev–Trinajstić information content (AvgIpc) is 3.00. The molecule has 3 heterocycles. The Hall–Kier alpha value is -0.630. The fourth-order valence-electron chi connectivity index (χ4n) is 3.52. The number of thioether (sulfide) groups is 1. The second kappa shape index (κ2) is 5.97. The Morgan fingerprint density at radius 2 is 1.46 bits per heavy atom. The van der Waals surface area contributed by atoms with Gasteiger partial charge in [-0.25, -0.2) is 0 Å². The molecule has 0 saturated carbocycles. The second-order valence-electron chi connectivity index (χ2n) is 7.33. The van der Waals surface area contributed by atoms with Crippen molar-refractivity contribution in [3.05, 3.63) is 30.3 Å². The molecule has 1 aromatic carbocycles. The monoisotopic (exact) mass is 352 g/mol. The van der Waals surface area contributed by atoms with Crippen LogP contribution in [0.15, 0.2) is 35.2 Å². The van der Waals surface area contributed by atoms with Gasteiger partial charge in [0.2, 0.25) is 0 Å². The third kappa shape index (κ3) is 3.23. The van der Waals surface area contributed by atoms with Crippen molar-refractivity contribution in [2.45, 2.75) is 74.9 Å². The molecule has 3 saturated heterocycles. The molecule has 3 aliphatic heterocycles. The summed E-state index contributed by atoms with van der Waals surface area (Å²) in [4.78, 5) is 1.21. The molecule has 132 valence electrons. The van der Waals surface area contributed by atoms with Gasteiger partial charge in [0.1, 0.15) is 18.3 Å². The predicted molar refractivity (Wildman–Crippen MR) is 89.7 cm³/mol. The van der Waals surface area contributed by atoms with Gasteiger partial charge < -0.3 is 23.7 Å². The van der Waals surface area contributed by atoms with E-state index in [1.54, 1.807) is 11.8 Å². The van der Waals surface area contributed by atoms with Crippen LogP contribution in [0.25, 0.3) is 0 Å². The lowest BCUT2D eigenvalue weighted by Gasteiger charge is -2.37. The van der Waals surface area contributed by atoms with E-state index in [9.17, 15) is 0 Å². The zero-order valence-corrected chi connectivity index (χ0v) is 15.2. The van der Waals surface area contributed by atoms with Crippen molar-refractivity contribution < 1.29 is 23.7 Å². The molecule has 0 N–H and O–H groups in total. The van der Waals surface area contributed by atoms with Crippen LogP contribution >= 0.6 is 11.8 Å². The molecule has 6 heteroatoms. The van der Waals surface area contributed by atoms with Gasteiger partial charge in [0.15, 0.2) is 17.9 Å². The minimum absolute atomic E-state index is 0.110. The molecule has 0 spiro atoms. The first-order valence-electron chi connectivity index (χ1n) is 8.38. The summed E-state index contributed by atoms with van der Waals surface area (Å²) >= 11 is 1.75. The maximum Gasteiger partial charge on any atom is 0.190 e. The van der Waals surface area contributed by atoms with Gasteiger partial charge in [-0.1, -0.05) is 18.2 Å². The zero-order valence-electron chi connectivity index (χ0n) is 14.4. The molecule has 5 atom stereocenters. The normalized spacial score (nSPS) is 39.4. The van der Waals surface area contributed by atoms with Gasteiger partial charge in [0.25, 0.3) is 0 Å². The maximum atomic E-state index is 6.20. The first-order chi connectivity index (χ1) is 11.3. The van der Waals surface area contributed by atoms with Crippen molar-refractivity contribution >= 4 is 11.8 Å². The summed E-state index contributed by atoms with van der Waals surface area (Å²) in [5.74, 6) is -0.533. The highest BCUT2D eigenvalue weighted by Gasteiger charge is 2.60. The van der Waals surface area contributed by atoms with E-state index < -0.39 is 17.9 Å². The number of rotatable bonds is 3. The fourth-order valence-corrected chi connectivity index (χ4v) is 4.50. The highest BCUT2D eigenvalue weighted by atomic mass is 32.2. The molecule has 5 nitrogen and oxygen atoms in total. The van der Waals surface area contributed by atoms with E-state index in [4.69, 9.17) is 23.7 Å². The number of benzene rings is 1. The lowest BCUT2D eigenvalue weighted by atomic mass is 10.00. The summed E-state index contributed by atoms with van der Waals surface area (Å²) in [6.07, 6.45) is -1.12. The lowest BCUT2D eigenvalue weighted by Crippen LogP contribution is -2.55. The van der Waals surface area contributed by atoms with Crippen molar-refractivity contribution in [1.29, 1.82) is 0 Å². The van der Waals surface area contributed by atoms with Crippen LogP contribution in [0, 0.1) is 0 Å². The van der Waals surface area contributed by atoms with Crippen LogP contribution in [0.2, 0.25) is 0 Å². The molecule has 1 aromatic rings. The van der Waals surface area contributed by atoms with E-state index >= 15 is 0 Å². The van der Waals surface area contributed by atoms with E-state index in [0.717, 1.165) is 5.75 Å². The Morgan fingerprint density at radius 1 is 0.833 bits per heavy atom. The standard InChI is InChI=1S/C18H24O5S/c1-17(2)20-13-12(10-24-11-8-6-5-7-9-11)19-16-15(14(13)21-17)22-18(3,4)23-16/h5-9,12-16H,10H2,1-4H3/t12-,13+,14+,15-,16-/m1/s1. The molecule has 4 rings (SSSR count). The topological polar surface area (TPSA) is 46.2 Å². The Kier molecular flexibility index (Phi) is 4.18. The maximum absolute atomic E-state index is 6.20. The van der Waals surface area contributed by atoms with Crippen LogP contribution in [0.5, 0.6) is 0 Å². The first-order valence-corrected chi connectivity index (χ1v) is 9.36. The van der Waals surface area contributed by atoms with Crippen LogP contribution in [0.3, 0.4) is 0 Å². The average molecular weight is 352 g/mol. The van der Waals surface area contributed by atoms with Crippen LogP contribution in [-0.2, 0) is 23.7 Å². The highest BCUT2D eigenvalue weighted by molar-refractivity contribution is 7.99. The first kappa shape index (κ1) is 16.8. The van der Waals surface area contributed by atoms with Crippen molar-refractivity contribution in [3.8, 4) is 0 Å². The lowest BCUT2D eigenvalue weighted by molar-refractivity contribution is -0.228. The smallest absolute Gasteiger partial charge is 0.190 e. The van der Waals surface area contributed by atoms with Gasteiger partial charge in [0.05, 0.1) is 6.10 Å². The van der Waals surface area contributed by atoms with E-state index in [2.05, 4.69) is 12.1 Å². The quantitative estimate of drug-likeness (QED) is 0.779. The Labute approximate surface area is 146 Å². The number of ether oxygens (including phenoxy) is 5. The summed E-state index contributed by atoms with van der Waals surface area (Å²) in [7, 11) is 0.